The molecule has 0 saturated carbocycles. The van der Waals surface area contributed by atoms with Crippen LogP contribution >= 0.6 is 0 Å². The van der Waals surface area contributed by atoms with Crippen LogP contribution in [0.5, 0.6) is 5.75 Å². The van der Waals surface area contributed by atoms with Crippen LogP contribution in [0.25, 0.3) is 11.0 Å². The van der Waals surface area contributed by atoms with Crippen molar-refractivity contribution in [3.05, 3.63) is 39.7 Å². The highest BCUT2D eigenvalue weighted by Gasteiger charge is 2.19. The molecule has 3 rings (SSSR count). The summed E-state index contributed by atoms with van der Waals surface area (Å²) in [6, 6.07) is 5.19. The first-order chi connectivity index (χ1) is 12.0. The third-order valence-electron chi connectivity index (χ3n) is 4.19. The molecule has 1 N–H and O–H groups in total. The monoisotopic (exact) mass is 344 g/mol. The van der Waals surface area contributed by atoms with E-state index in [0.29, 0.717) is 17.8 Å². The molecule has 0 spiro atoms. The van der Waals surface area contributed by atoms with Crippen LogP contribution in [0.15, 0.2) is 27.4 Å². The van der Waals surface area contributed by atoms with Crippen molar-refractivity contribution in [2.45, 2.75) is 32.1 Å². The summed E-state index contributed by atoms with van der Waals surface area (Å²) in [5, 5.41) is 13.7. The summed E-state index contributed by atoms with van der Waals surface area (Å²) in [6.07, 6.45) is 2.78. The highest BCUT2D eigenvalue weighted by Crippen LogP contribution is 2.29. The first-order valence-corrected chi connectivity index (χ1v) is 8.22. The number of hydrogen-bond donors (Lipinski definition) is 1. The molecule has 1 heterocycles. The van der Waals surface area contributed by atoms with Crippen LogP contribution < -0.4 is 20.8 Å². The molecule has 1 aliphatic carbocycles. The second-order valence-corrected chi connectivity index (χ2v) is 5.97. The Kier molecular flexibility index (Phi) is 5.02. The lowest BCUT2D eigenvalue weighted by molar-refractivity contribution is -0.305. The summed E-state index contributed by atoms with van der Waals surface area (Å²) in [5.41, 5.74) is 1.96. The molecule has 0 atom stereocenters. The molecule has 0 bridgehead atoms. The number of fused-ring (bicyclic) bond motifs is 3. The quantitative estimate of drug-likeness (QED) is 0.572. The van der Waals surface area contributed by atoms with Gasteiger partial charge in [0.25, 0.3) is 5.91 Å². The van der Waals surface area contributed by atoms with E-state index in [-0.39, 0.29) is 31.1 Å². The predicted molar refractivity (Wildman–Crippen MR) is 87.3 cm³/mol. The van der Waals surface area contributed by atoms with E-state index in [1.807, 2.05) is 6.07 Å². The smallest absolute Gasteiger partial charge is 0.339 e. The molecule has 7 heteroatoms. The first kappa shape index (κ1) is 17.0. The van der Waals surface area contributed by atoms with E-state index < -0.39 is 5.97 Å². The van der Waals surface area contributed by atoms with Crippen molar-refractivity contribution < 1.29 is 23.8 Å². The number of aryl methyl sites for hydroxylation is 1. The minimum Gasteiger partial charge on any atom is -0.550 e. The largest absolute Gasteiger partial charge is 0.550 e. The molecule has 1 aromatic heterocycles. The van der Waals surface area contributed by atoms with Gasteiger partial charge in [-0.1, -0.05) is 0 Å². The molecule has 2 aromatic rings. The normalized spacial score (nSPS) is 12.8. The number of carbonyl (C=O) groups is 2. The maximum atomic E-state index is 12.0. The first-order valence-electron chi connectivity index (χ1n) is 8.22. The van der Waals surface area contributed by atoms with E-state index >= 15 is 0 Å². The molecule has 0 fully saturated rings. The topological polar surface area (TPSA) is 109 Å². The minimum atomic E-state index is -1.14. The lowest BCUT2D eigenvalue weighted by Gasteiger charge is -2.09. The molecule has 0 aliphatic heterocycles. The number of rotatable bonds is 7. The number of nitrogens with one attached hydrogen (secondary N) is 1. The zero-order valence-corrected chi connectivity index (χ0v) is 13.6. The van der Waals surface area contributed by atoms with Crippen LogP contribution in [0, 0.1) is 0 Å². The Hall–Kier alpha value is -2.83. The van der Waals surface area contributed by atoms with E-state index in [2.05, 4.69) is 5.32 Å². The maximum Gasteiger partial charge on any atom is 0.339 e. The second-order valence-electron chi connectivity index (χ2n) is 5.97. The van der Waals surface area contributed by atoms with Gasteiger partial charge in [-0.05, 0) is 49.8 Å². The van der Waals surface area contributed by atoms with E-state index in [4.69, 9.17) is 9.15 Å². The van der Waals surface area contributed by atoms with E-state index in [1.165, 1.54) is 0 Å². The van der Waals surface area contributed by atoms with Crippen LogP contribution in [-0.2, 0) is 22.4 Å². The predicted octanol–water partition coefficient (Wildman–Crippen LogP) is 0.307. The Balaban J connectivity index is 1.61. The lowest BCUT2D eigenvalue weighted by atomic mass is 10.1. The van der Waals surface area contributed by atoms with E-state index in [9.17, 15) is 19.5 Å². The molecule has 0 unspecified atom stereocenters. The molecule has 25 heavy (non-hydrogen) atoms. The van der Waals surface area contributed by atoms with Gasteiger partial charge >= 0.3 is 5.63 Å². The summed E-state index contributed by atoms with van der Waals surface area (Å²) in [4.78, 5) is 33.9. The molecule has 1 aromatic carbocycles. The van der Waals surface area contributed by atoms with Crippen LogP contribution in [0.1, 0.15) is 30.4 Å². The summed E-state index contributed by atoms with van der Waals surface area (Å²) < 4.78 is 10.8. The number of carboxylic acids is 1. The molecule has 0 radical (unpaired) electrons. The van der Waals surface area contributed by atoms with Crippen LogP contribution in [0.4, 0.5) is 0 Å². The number of benzene rings is 1. The third-order valence-corrected chi connectivity index (χ3v) is 4.19. The van der Waals surface area contributed by atoms with E-state index in [0.717, 1.165) is 35.8 Å². The van der Waals surface area contributed by atoms with Gasteiger partial charge < -0.3 is 24.4 Å². The van der Waals surface area contributed by atoms with Crippen molar-refractivity contribution in [3.63, 3.8) is 0 Å². The van der Waals surface area contributed by atoms with Crippen LogP contribution in [0.3, 0.4) is 0 Å². The maximum absolute atomic E-state index is 12.0. The zero-order valence-electron chi connectivity index (χ0n) is 13.6. The standard InChI is InChI=1S/C18H19NO6/c20-16(19-8-2-5-17(21)22)10-24-11-6-7-13-12-3-1-4-14(12)18(23)25-15(13)9-11/h6-7,9H,1-5,8,10H2,(H,19,20)(H,21,22)/p-1. The summed E-state index contributed by atoms with van der Waals surface area (Å²) >= 11 is 0. The number of amides is 1. The second kappa shape index (κ2) is 7.38. The molecule has 132 valence electrons. The Morgan fingerprint density at radius 3 is 2.84 bits per heavy atom. The number of hydrogen-bond acceptors (Lipinski definition) is 6. The Morgan fingerprint density at radius 1 is 1.24 bits per heavy atom. The average molecular weight is 344 g/mol. The van der Waals surface area contributed by atoms with E-state index in [1.54, 1.807) is 12.1 Å². The summed E-state index contributed by atoms with van der Waals surface area (Å²) in [6.45, 7) is 0.0426. The lowest BCUT2D eigenvalue weighted by Crippen LogP contribution is -2.31. The number of ether oxygens (including phenoxy) is 1. The van der Waals surface area contributed by atoms with Gasteiger partial charge in [-0.15, -0.1) is 0 Å². The summed E-state index contributed by atoms with van der Waals surface area (Å²) in [7, 11) is 0. The highest BCUT2D eigenvalue weighted by atomic mass is 16.5. The van der Waals surface area contributed by atoms with Crippen molar-refractivity contribution in [2.24, 2.45) is 0 Å². The number of carbonyl (C=O) groups excluding carboxylic acids is 2. The fraction of sp³-hybridized carbons (Fsp3) is 0.389. The minimum absolute atomic E-state index is 0.102. The number of carboxylic acid groups (broad SMARTS) is 1. The van der Waals surface area contributed by atoms with Crippen molar-refractivity contribution >= 4 is 22.8 Å². The fourth-order valence-electron chi connectivity index (χ4n) is 3.01. The summed E-state index contributed by atoms with van der Waals surface area (Å²) in [5.74, 6) is -1.07. The van der Waals surface area contributed by atoms with Gasteiger partial charge in [0, 0.05) is 29.5 Å². The van der Waals surface area contributed by atoms with Gasteiger partial charge in [0.15, 0.2) is 6.61 Å². The van der Waals surface area contributed by atoms with Crippen molar-refractivity contribution in [3.8, 4) is 5.75 Å². The van der Waals surface area contributed by atoms with Crippen molar-refractivity contribution in [1.29, 1.82) is 0 Å². The Labute approximate surface area is 143 Å². The van der Waals surface area contributed by atoms with Gasteiger partial charge in [0.1, 0.15) is 11.3 Å². The molecule has 1 aliphatic rings. The van der Waals surface area contributed by atoms with Crippen molar-refractivity contribution in [1.82, 2.24) is 5.32 Å². The molecule has 0 saturated heterocycles. The van der Waals surface area contributed by atoms with Gasteiger partial charge in [-0.3, -0.25) is 4.79 Å². The Morgan fingerprint density at radius 2 is 2.04 bits per heavy atom. The van der Waals surface area contributed by atoms with Crippen LogP contribution in [-0.4, -0.2) is 25.0 Å². The highest BCUT2D eigenvalue weighted by molar-refractivity contribution is 5.83. The van der Waals surface area contributed by atoms with Crippen molar-refractivity contribution in [2.75, 3.05) is 13.2 Å². The van der Waals surface area contributed by atoms with Gasteiger partial charge in [0.2, 0.25) is 0 Å². The Bertz CT molecular complexity index is 870. The average Bonchev–Trinajstić information content (AvgIpc) is 3.07. The fourth-order valence-corrected chi connectivity index (χ4v) is 3.01. The molecular formula is C18H18NO6-. The molecular weight excluding hydrogens is 326 g/mol. The van der Waals surface area contributed by atoms with Gasteiger partial charge in [-0.25, -0.2) is 4.79 Å². The van der Waals surface area contributed by atoms with Gasteiger partial charge in [-0.2, -0.15) is 0 Å². The number of aliphatic carboxylic acids is 1. The molecule has 1 amide bonds. The van der Waals surface area contributed by atoms with Gasteiger partial charge in [0.05, 0.1) is 0 Å². The molecule has 7 nitrogen and oxygen atoms in total. The zero-order chi connectivity index (χ0) is 17.8. The van der Waals surface area contributed by atoms with Crippen LogP contribution in [0.2, 0.25) is 0 Å². The SMILES string of the molecule is O=C([O-])CCCNC(=O)COc1ccc2c3c(c(=O)oc2c1)CCC3. The third kappa shape index (κ3) is 3.99.